The zero-order chi connectivity index (χ0) is 41.1. The van der Waals surface area contributed by atoms with E-state index in [4.69, 9.17) is 15.0 Å². The number of aryl methyl sites for hydroxylation is 1. The van der Waals surface area contributed by atoms with E-state index in [1.54, 1.807) is 0 Å². The number of rotatable bonds is 13. The fraction of sp³-hybridized carbons (Fsp3) is 0.127. The minimum absolute atomic E-state index is 0.587. The van der Waals surface area contributed by atoms with E-state index in [9.17, 15) is 0 Å². The first kappa shape index (κ1) is 40.2. The summed E-state index contributed by atoms with van der Waals surface area (Å²) in [5.74, 6) is 1.82. The molecule has 0 aliphatic heterocycles. The van der Waals surface area contributed by atoms with Crippen LogP contribution in [0.25, 0.3) is 74.2 Å². The highest BCUT2D eigenvalue weighted by molar-refractivity contribution is 6.09. The number of hydrogen-bond donors (Lipinski definition) is 0. The molecule has 6 aromatic rings. The standard InChI is InChI=1S/C55H50N4/c1-7-20-49-39(5)32-52(51-28-18-12-17-27-50(49)51)45-26-19-25-44(33-45)41(9-3)30-29-38(4)46-34-47(40(6)37-56-31-8-2)36-48(35-46)55-58-53(42-21-13-10-14-22-42)57-54(59-55)43-23-15-11-16-24-43/h7,9-27,29-30,32-37H,3,6,8,28,31H2,1-2,4-5H3/b20-7-,38-29+,41-30+,56-37?. The quantitative estimate of drug-likeness (QED) is 0.0869. The lowest BCUT2D eigenvalue weighted by atomic mass is 9.86. The van der Waals surface area contributed by atoms with E-state index >= 15 is 0 Å². The van der Waals surface area contributed by atoms with Crippen molar-refractivity contribution >= 4 is 35.1 Å². The summed E-state index contributed by atoms with van der Waals surface area (Å²) in [5, 5.41) is 0. The second-order valence-electron chi connectivity index (χ2n) is 14.7. The molecule has 0 amide bonds. The average Bonchev–Trinajstić information content (AvgIpc) is 3.54. The van der Waals surface area contributed by atoms with Crippen molar-refractivity contribution in [2.24, 2.45) is 4.99 Å². The van der Waals surface area contributed by atoms with Crippen LogP contribution in [0.4, 0.5) is 0 Å². The molecule has 1 aliphatic carbocycles. The zero-order valence-electron chi connectivity index (χ0n) is 34.5. The van der Waals surface area contributed by atoms with E-state index in [1.807, 2.05) is 73.0 Å². The fourth-order valence-corrected chi connectivity index (χ4v) is 7.32. The molecule has 0 unspecified atom stereocenters. The van der Waals surface area contributed by atoms with Crippen molar-refractivity contribution in [2.75, 3.05) is 6.54 Å². The molecule has 4 nitrogen and oxygen atoms in total. The van der Waals surface area contributed by atoms with Gasteiger partial charge in [-0.25, -0.2) is 15.0 Å². The molecule has 1 heterocycles. The van der Waals surface area contributed by atoms with Crippen molar-refractivity contribution in [3.63, 3.8) is 0 Å². The Hall–Kier alpha value is -7.04. The van der Waals surface area contributed by atoms with Crippen molar-refractivity contribution in [2.45, 2.75) is 40.5 Å². The predicted molar refractivity (Wildman–Crippen MR) is 254 cm³/mol. The van der Waals surface area contributed by atoms with Crippen LogP contribution < -0.4 is 0 Å². The lowest BCUT2D eigenvalue weighted by Crippen LogP contribution is -2.01. The second kappa shape index (κ2) is 18.9. The van der Waals surface area contributed by atoms with Crippen LogP contribution in [0.1, 0.15) is 66.1 Å². The number of allylic oxidation sites excluding steroid dienone is 10. The van der Waals surface area contributed by atoms with Crippen LogP contribution >= 0.6 is 0 Å². The van der Waals surface area contributed by atoms with Gasteiger partial charge < -0.3 is 0 Å². The molecular weight excluding hydrogens is 717 g/mol. The minimum atomic E-state index is 0.587. The van der Waals surface area contributed by atoms with Crippen molar-refractivity contribution in [1.29, 1.82) is 0 Å². The maximum Gasteiger partial charge on any atom is 0.164 e. The van der Waals surface area contributed by atoms with Crippen molar-refractivity contribution in [3.05, 3.63) is 204 Å². The third-order valence-corrected chi connectivity index (χ3v) is 10.4. The smallest absolute Gasteiger partial charge is 0.164 e. The maximum absolute atomic E-state index is 5.05. The zero-order valence-corrected chi connectivity index (χ0v) is 34.5. The van der Waals surface area contributed by atoms with E-state index in [-0.39, 0.29) is 0 Å². The Labute approximate surface area is 349 Å². The Bertz CT molecular complexity index is 2630. The van der Waals surface area contributed by atoms with Crippen LogP contribution in [0.15, 0.2) is 170 Å². The highest BCUT2D eigenvalue weighted by Crippen LogP contribution is 2.36. The number of fused-ring (bicyclic) bond motifs is 1. The molecule has 0 saturated heterocycles. The second-order valence-corrected chi connectivity index (χ2v) is 14.7. The summed E-state index contributed by atoms with van der Waals surface area (Å²) in [7, 11) is 0. The molecule has 0 bridgehead atoms. The molecule has 0 spiro atoms. The summed E-state index contributed by atoms with van der Waals surface area (Å²) in [5.41, 5.74) is 16.3. The molecule has 7 rings (SSSR count). The van der Waals surface area contributed by atoms with E-state index < -0.39 is 0 Å². The van der Waals surface area contributed by atoms with E-state index in [0.29, 0.717) is 17.5 Å². The molecule has 1 aliphatic rings. The van der Waals surface area contributed by atoms with Crippen LogP contribution in [0.2, 0.25) is 0 Å². The van der Waals surface area contributed by atoms with Gasteiger partial charge in [-0.05, 0) is 125 Å². The Morgan fingerprint density at radius 1 is 0.729 bits per heavy atom. The lowest BCUT2D eigenvalue weighted by molar-refractivity contribution is 0.938. The molecule has 0 radical (unpaired) electrons. The minimum Gasteiger partial charge on any atom is -0.293 e. The Balaban J connectivity index is 1.31. The SMILES string of the molecule is C=C/C(=C\C=C(/C)c1cc(C(=C)C=NCCC)cc(-c2nc(-c3ccccc3)nc(-c3ccccc3)n2)c1)c1cccc(-c2cc(C)c(/C=C\C)c3c2CC=CC=C3)c1. The van der Waals surface area contributed by atoms with Gasteiger partial charge in [0.25, 0.3) is 0 Å². The average molecular weight is 767 g/mol. The third kappa shape index (κ3) is 9.41. The molecule has 0 saturated carbocycles. The fourth-order valence-electron chi connectivity index (χ4n) is 7.32. The van der Waals surface area contributed by atoms with Gasteiger partial charge in [0.05, 0.1) is 0 Å². The number of nitrogens with zero attached hydrogens (tertiary/aromatic N) is 4. The van der Waals surface area contributed by atoms with Gasteiger partial charge >= 0.3 is 0 Å². The first-order valence-electron chi connectivity index (χ1n) is 20.3. The molecule has 5 aromatic carbocycles. The van der Waals surface area contributed by atoms with Crippen molar-refractivity contribution in [1.82, 2.24) is 15.0 Å². The summed E-state index contributed by atoms with van der Waals surface area (Å²) in [6.07, 6.45) is 23.1. The number of aliphatic imine (C=N–C) groups is 1. The van der Waals surface area contributed by atoms with Crippen LogP contribution in [0.5, 0.6) is 0 Å². The van der Waals surface area contributed by atoms with Gasteiger partial charge in [-0.3, -0.25) is 4.99 Å². The number of hydrogen-bond acceptors (Lipinski definition) is 4. The first-order chi connectivity index (χ1) is 28.9. The molecule has 1 aromatic heterocycles. The van der Waals surface area contributed by atoms with Gasteiger partial charge in [-0.1, -0.05) is 160 Å². The largest absolute Gasteiger partial charge is 0.293 e. The molecule has 0 atom stereocenters. The van der Waals surface area contributed by atoms with Crippen LogP contribution in [0, 0.1) is 6.92 Å². The monoisotopic (exact) mass is 766 g/mol. The molecule has 290 valence electrons. The Kier molecular flexibility index (Phi) is 12.9. The maximum atomic E-state index is 5.05. The van der Waals surface area contributed by atoms with Crippen LogP contribution in [-0.4, -0.2) is 27.7 Å². The third-order valence-electron chi connectivity index (χ3n) is 10.4. The molecule has 0 fully saturated rings. The molecular formula is C55H50N4. The van der Waals surface area contributed by atoms with Gasteiger partial charge in [0, 0.05) is 29.4 Å². The summed E-state index contributed by atoms with van der Waals surface area (Å²) in [6.45, 7) is 17.9. The predicted octanol–water partition coefficient (Wildman–Crippen LogP) is 14.2. The number of aromatic nitrogens is 3. The van der Waals surface area contributed by atoms with E-state index in [1.165, 1.54) is 33.4 Å². The molecule has 59 heavy (non-hydrogen) atoms. The molecule has 4 heteroatoms. The normalized spacial score (nSPS) is 12.9. The van der Waals surface area contributed by atoms with Gasteiger partial charge in [0.1, 0.15) is 0 Å². The topological polar surface area (TPSA) is 51.0 Å². The lowest BCUT2D eigenvalue weighted by Gasteiger charge is -2.18. The van der Waals surface area contributed by atoms with Gasteiger partial charge in [0.15, 0.2) is 17.5 Å². The number of benzene rings is 5. The first-order valence-corrected chi connectivity index (χ1v) is 20.3. The Morgan fingerprint density at radius 2 is 1.37 bits per heavy atom. The van der Waals surface area contributed by atoms with Crippen molar-refractivity contribution < 1.29 is 0 Å². The Morgan fingerprint density at radius 3 is 2.03 bits per heavy atom. The summed E-state index contributed by atoms with van der Waals surface area (Å²) in [6, 6.07) is 37.7. The van der Waals surface area contributed by atoms with Crippen molar-refractivity contribution in [3.8, 4) is 45.3 Å². The van der Waals surface area contributed by atoms with E-state index in [2.05, 4.69) is 143 Å². The van der Waals surface area contributed by atoms with E-state index in [0.717, 1.165) is 69.5 Å². The van der Waals surface area contributed by atoms with Gasteiger partial charge in [-0.2, -0.15) is 0 Å². The van der Waals surface area contributed by atoms with Crippen LogP contribution in [0.3, 0.4) is 0 Å². The van der Waals surface area contributed by atoms with Crippen LogP contribution in [-0.2, 0) is 6.42 Å². The molecule has 0 N–H and O–H groups in total. The van der Waals surface area contributed by atoms with Gasteiger partial charge in [-0.15, -0.1) is 0 Å². The highest BCUT2D eigenvalue weighted by atomic mass is 15.0. The highest BCUT2D eigenvalue weighted by Gasteiger charge is 2.17. The summed E-state index contributed by atoms with van der Waals surface area (Å²) >= 11 is 0. The summed E-state index contributed by atoms with van der Waals surface area (Å²) in [4.78, 5) is 19.6. The van der Waals surface area contributed by atoms with Gasteiger partial charge in [0.2, 0.25) is 0 Å². The summed E-state index contributed by atoms with van der Waals surface area (Å²) < 4.78 is 0.